The Morgan fingerprint density at radius 3 is 2.28 bits per heavy atom. The summed E-state index contributed by atoms with van der Waals surface area (Å²) in [5.41, 5.74) is -1.68. The molecule has 7 nitrogen and oxygen atoms in total. The SMILES string of the molecule is CCC(C)OC(=O)C(CC(=O)O)C(C)(C)[N+](=O)[O-]. The first kappa shape index (κ1) is 16.3. The summed E-state index contributed by atoms with van der Waals surface area (Å²) < 4.78 is 4.99. The lowest BCUT2D eigenvalue weighted by atomic mass is 9.85. The minimum absolute atomic E-state index is 0.392. The molecule has 0 aromatic heterocycles. The van der Waals surface area contributed by atoms with Gasteiger partial charge in [-0.25, -0.2) is 0 Å². The van der Waals surface area contributed by atoms with Gasteiger partial charge in [-0.15, -0.1) is 0 Å². The van der Waals surface area contributed by atoms with E-state index >= 15 is 0 Å². The minimum atomic E-state index is -1.68. The van der Waals surface area contributed by atoms with Crippen LogP contribution in [0.5, 0.6) is 0 Å². The molecule has 0 radical (unpaired) electrons. The fraction of sp³-hybridized carbons (Fsp3) is 0.818. The number of rotatable bonds is 7. The second-order valence-electron chi connectivity index (χ2n) is 4.72. The van der Waals surface area contributed by atoms with Crippen LogP contribution in [-0.2, 0) is 14.3 Å². The van der Waals surface area contributed by atoms with Crippen molar-refractivity contribution in [3.8, 4) is 0 Å². The van der Waals surface area contributed by atoms with Crippen LogP contribution >= 0.6 is 0 Å². The van der Waals surface area contributed by atoms with Gasteiger partial charge >= 0.3 is 11.9 Å². The highest BCUT2D eigenvalue weighted by Crippen LogP contribution is 2.26. The van der Waals surface area contributed by atoms with Crippen LogP contribution in [0, 0.1) is 16.0 Å². The fourth-order valence-corrected chi connectivity index (χ4v) is 1.29. The zero-order chi connectivity index (χ0) is 14.5. The third-order valence-electron chi connectivity index (χ3n) is 2.88. The van der Waals surface area contributed by atoms with Gasteiger partial charge in [0.1, 0.15) is 5.92 Å². The van der Waals surface area contributed by atoms with Crippen LogP contribution in [0.15, 0.2) is 0 Å². The zero-order valence-electron chi connectivity index (χ0n) is 11.0. The van der Waals surface area contributed by atoms with Crippen molar-refractivity contribution in [1.29, 1.82) is 0 Å². The van der Waals surface area contributed by atoms with E-state index in [1.807, 2.05) is 0 Å². The number of aliphatic carboxylic acids is 1. The van der Waals surface area contributed by atoms with Gasteiger partial charge < -0.3 is 9.84 Å². The van der Waals surface area contributed by atoms with Gasteiger partial charge in [-0.3, -0.25) is 19.7 Å². The van der Waals surface area contributed by atoms with Crippen LogP contribution in [0.2, 0.25) is 0 Å². The monoisotopic (exact) mass is 261 g/mol. The summed E-state index contributed by atoms with van der Waals surface area (Å²) in [4.78, 5) is 32.8. The number of esters is 1. The van der Waals surface area contributed by atoms with Gasteiger partial charge in [0.25, 0.3) is 0 Å². The van der Waals surface area contributed by atoms with E-state index in [1.54, 1.807) is 13.8 Å². The van der Waals surface area contributed by atoms with E-state index < -0.39 is 40.8 Å². The molecule has 0 rings (SSSR count). The summed E-state index contributed by atoms with van der Waals surface area (Å²) in [6.45, 7) is 5.88. The number of ether oxygens (including phenoxy) is 1. The van der Waals surface area contributed by atoms with E-state index in [9.17, 15) is 19.7 Å². The summed E-state index contributed by atoms with van der Waals surface area (Å²) in [7, 11) is 0. The molecule has 0 heterocycles. The predicted octanol–water partition coefficient (Wildman–Crippen LogP) is 1.47. The number of carbonyl (C=O) groups excluding carboxylic acids is 1. The lowest BCUT2D eigenvalue weighted by molar-refractivity contribution is -0.568. The van der Waals surface area contributed by atoms with Crippen molar-refractivity contribution in [2.45, 2.75) is 52.2 Å². The Hall–Kier alpha value is -1.66. The molecule has 7 heteroatoms. The number of hydrogen-bond donors (Lipinski definition) is 1. The minimum Gasteiger partial charge on any atom is -0.481 e. The summed E-state index contributed by atoms with van der Waals surface area (Å²) in [6, 6.07) is 0. The first-order valence-corrected chi connectivity index (χ1v) is 5.69. The van der Waals surface area contributed by atoms with Crippen LogP contribution in [0.1, 0.15) is 40.5 Å². The van der Waals surface area contributed by atoms with Crippen molar-refractivity contribution >= 4 is 11.9 Å². The second-order valence-corrected chi connectivity index (χ2v) is 4.72. The molecule has 1 N–H and O–H groups in total. The maximum absolute atomic E-state index is 11.8. The molecule has 0 amide bonds. The average molecular weight is 261 g/mol. The molecular weight excluding hydrogens is 242 g/mol. The normalized spacial score (nSPS) is 14.7. The van der Waals surface area contributed by atoms with Gasteiger partial charge in [-0.1, -0.05) is 6.92 Å². The Balaban J connectivity index is 5.05. The number of nitro groups is 1. The van der Waals surface area contributed by atoms with Crippen molar-refractivity contribution in [2.75, 3.05) is 0 Å². The summed E-state index contributed by atoms with van der Waals surface area (Å²) in [5, 5.41) is 19.6. The molecule has 0 aliphatic carbocycles. The zero-order valence-corrected chi connectivity index (χ0v) is 11.0. The number of carbonyl (C=O) groups is 2. The second kappa shape index (κ2) is 6.32. The van der Waals surface area contributed by atoms with E-state index in [1.165, 1.54) is 13.8 Å². The van der Waals surface area contributed by atoms with E-state index in [0.29, 0.717) is 6.42 Å². The largest absolute Gasteiger partial charge is 0.481 e. The standard InChI is InChI=1S/C11H19NO6/c1-5-7(2)18-10(15)8(6-9(13)14)11(3,4)12(16)17/h7-8H,5-6H2,1-4H3,(H,13,14). The fourth-order valence-electron chi connectivity index (χ4n) is 1.29. The molecule has 0 saturated carbocycles. The number of carboxylic acid groups (broad SMARTS) is 1. The highest BCUT2D eigenvalue weighted by molar-refractivity contribution is 5.80. The Morgan fingerprint density at radius 2 is 1.94 bits per heavy atom. The first-order chi connectivity index (χ1) is 8.12. The topological polar surface area (TPSA) is 107 Å². The van der Waals surface area contributed by atoms with Crippen molar-refractivity contribution in [3.63, 3.8) is 0 Å². The van der Waals surface area contributed by atoms with Crippen molar-refractivity contribution < 1.29 is 24.4 Å². The Labute approximate surface area is 105 Å². The molecule has 0 aromatic carbocycles. The Bertz CT molecular complexity index is 338. The van der Waals surface area contributed by atoms with Gasteiger partial charge in [0.2, 0.25) is 5.54 Å². The maximum Gasteiger partial charge on any atom is 0.317 e. The maximum atomic E-state index is 11.8. The molecule has 2 unspecified atom stereocenters. The molecule has 104 valence electrons. The smallest absolute Gasteiger partial charge is 0.317 e. The third kappa shape index (κ3) is 4.31. The molecule has 0 aliphatic rings. The number of hydrogen-bond acceptors (Lipinski definition) is 5. The van der Waals surface area contributed by atoms with E-state index in [-0.39, 0.29) is 0 Å². The van der Waals surface area contributed by atoms with Gasteiger partial charge in [0, 0.05) is 18.8 Å². The van der Waals surface area contributed by atoms with Crippen molar-refractivity contribution in [2.24, 2.45) is 5.92 Å². The molecule has 2 atom stereocenters. The third-order valence-corrected chi connectivity index (χ3v) is 2.88. The molecule has 18 heavy (non-hydrogen) atoms. The van der Waals surface area contributed by atoms with Crippen LogP contribution in [0.3, 0.4) is 0 Å². The summed E-state index contributed by atoms with van der Waals surface area (Å²) >= 11 is 0. The van der Waals surface area contributed by atoms with Crippen LogP contribution in [0.4, 0.5) is 0 Å². The van der Waals surface area contributed by atoms with Gasteiger partial charge in [-0.2, -0.15) is 0 Å². The van der Waals surface area contributed by atoms with E-state index in [0.717, 1.165) is 0 Å². The lowest BCUT2D eigenvalue weighted by Gasteiger charge is -2.25. The Morgan fingerprint density at radius 1 is 1.44 bits per heavy atom. The van der Waals surface area contributed by atoms with Gasteiger partial charge in [0.15, 0.2) is 0 Å². The Kier molecular flexibility index (Phi) is 5.74. The van der Waals surface area contributed by atoms with E-state index in [4.69, 9.17) is 9.84 Å². The molecule has 0 aromatic rings. The van der Waals surface area contributed by atoms with Crippen molar-refractivity contribution in [3.05, 3.63) is 10.1 Å². The molecule has 0 spiro atoms. The van der Waals surface area contributed by atoms with Crippen LogP contribution in [-0.4, -0.2) is 33.6 Å². The molecule has 0 fully saturated rings. The lowest BCUT2D eigenvalue weighted by Crippen LogP contribution is -2.46. The van der Waals surface area contributed by atoms with Gasteiger partial charge in [-0.05, 0) is 13.3 Å². The summed E-state index contributed by atoms with van der Waals surface area (Å²) in [5.74, 6) is -3.41. The van der Waals surface area contributed by atoms with Gasteiger partial charge in [0.05, 0.1) is 12.5 Å². The predicted molar refractivity (Wildman–Crippen MR) is 62.7 cm³/mol. The van der Waals surface area contributed by atoms with Crippen molar-refractivity contribution in [1.82, 2.24) is 0 Å². The van der Waals surface area contributed by atoms with Crippen LogP contribution in [0.25, 0.3) is 0 Å². The molecule has 0 aliphatic heterocycles. The quantitative estimate of drug-likeness (QED) is 0.422. The highest BCUT2D eigenvalue weighted by atomic mass is 16.6. The number of carboxylic acids is 1. The summed E-state index contributed by atoms with van der Waals surface area (Å²) in [6.07, 6.45) is -0.454. The average Bonchev–Trinajstić information content (AvgIpc) is 2.24. The highest BCUT2D eigenvalue weighted by Gasteiger charge is 2.47. The van der Waals surface area contributed by atoms with E-state index in [2.05, 4.69) is 0 Å². The molecule has 0 saturated heterocycles. The molecule has 0 bridgehead atoms. The number of nitrogens with zero attached hydrogens (tertiary/aromatic N) is 1. The van der Waals surface area contributed by atoms with Crippen LogP contribution < -0.4 is 0 Å². The first-order valence-electron chi connectivity index (χ1n) is 5.69. The molecular formula is C11H19NO6.